The van der Waals surface area contributed by atoms with E-state index in [1.54, 1.807) is 0 Å². The van der Waals surface area contributed by atoms with E-state index in [1.165, 1.54) is 36.4 Å². The number of halogens is 2. The fourth-order valence-electron chi connectivity index (χ4n) is 1.57. The number of rotatable bonds is 4. The predicted octanol–water partition coefficient (Wildman–Crippen LogP) is 2.91. The molecule has 21 heavy (non-hydrogen) atoms. The van der Waals surface area contributed by atoms with Crippen LogP contribution in [0, 0.1) is 5.82 Å². The van der Waals surface area contributed by atoms with E-state index in [4.69, 9.17) is 29.6 Å². The van der Waals surface area contributed by atoms with Crippen molar-refractivity contribution in [3.63, 3.8) is 0 Å². The van der Waals surface area contributed by atoms with Crippen LogP contribution in [0.3, 0.4) is 0 Å². The van der Waals surface area contributed by atoms with Gasteiger partial charge in [-0.25, -0.2) is 12.8 Å². The van der Waals surface area contributed by atoms with Gasteiger partial charge in [0.1, 0.15) is 10.8 Å². The Kier molecular flexibility index (Phi) is 4.46. The molecule has 2 aromatic carbocycles. The number of sulfonamides is 1. The SMILES string of the molecule is NC(=S)c1ccc(NS(=O)(=O)c2ccc(Cl)cc2)c(F)c1. The van der Waals surface area contributed by atoms with E-state index >= 15 is 0 Å². The number of nitrogens with two attached hydrogens (primary N) is 1. The van der Waals surface area contributed by atoms with Crippen molar-refractivity contribution >= 4 is 44.5 Å². The van der Waals surface area contributed by atoms with E-state index in [0.29, 0.717) is 10.6 Å². The molecule has 0 aliphatic heterocycles. The van der Waals surface area contributed by atoms with E-state index in [0.717, 1.165) is 6.07 Å². The van der Waals surface area contributed by atoms with Crippen molar-refractivity contribution in [2.24, 2.45) is 5.73 Å². The van der Waals surface area contributed by atoms with Crippen LogP contribution in [0.2, 0.25) is 5.02 Å². The number of thiocarbonyl (C=S) groups is 1. The molecule has 0 atom stereocenters. The van der Waals surface area contributed by atoms with Gasteiger partial charge in [-0.3, -0.25) is 4.72 Å². The first-order chi connectivity index (χ1) is 9.79. The molecule has 0 heterocycles. The first-order valence-electron chi connectivity index (χ1n) is 5.67. The second-order valence-electron chi connectivity index (χ2n) is 4.12. The van der Waals surface area contributed by atoms with Crippen molar-refractivity contribution in [2.45, 2.75) is 4.90 Å². The molecule has 3 N–H and O–H groups in total. The van der Waals surface area contributed by atoms with E-state index in [1.807, 2.05) is 0 Å². The molecule has 110 valence electrons. The van der Waals surface area contributed by atoms with Gasteiger partial charge in [-0.1, -0.05) is 23.8 Å². The summed E-state index contributed by atoms with van der Waals surface area (Å²) in [7, 11) is -3.90. The Bertz CT molecular complexity index is 792. The second-order valence-corrected chi connectivity index (χ2v) is 6.68. The van der Waals surface area contributed by atoms with Gasteiger partial charge in [0.15, 0.2) is 0 Å². The highest BCUT2D eigenvalue weighted by Crippen LogP contribution is 2.21. The van der Waals surface area contributed by atoms with Gasteiger partial charge in [0.2, 0.25) is 0 Å². The van der Waals surface area contributed by atoms with Gasteiger partial charge in [-0.05, 0) is 42.5 Å². The van der Waals surface area contributed by atoms with E-state index in [9.17, 15) is 12.8 Å². The molecular formula is C13H10ClFN2O2S2. The molecule has 0 aromatic heterocycles. The summed E-state index contributed by atoms with van der Waals surface area (Å²) in [6.07, 6.45) is 0. The average molecular weight is 345 g/mol. The molecule has 0 aliphatic rings. The number of anilines is 1. The Morgan fingerprint density at radius 1 is 1.19 bits per heavy atom. The van der Waals surface area contributed by atoms with Crippen LogP contribution >= 0.6 is 23.8 Å². The molecule has 0 saturated carbocycles. The standard InChI is InChI=1S/C13H10ClFN2O2S2/c14-9-2-4-10(5-3-9)21(18,19)17-12-6-1-8(13(16)20)7-11(12)15/h1-7,17H,(H2,16,20). The van der Waals surface area contributed by atoms with Crippen molar-refractivity contribution in [1.29, 1.82) is 0 Å². The lowest BCUT2D eigenvalue weighted by atomic mass is 10.2. The molecule has 4 nitrogen and oxygen atoms in total. The highest BCUT2D eigenvalue weighted by atomic mass is 35.5. The molecule has 0 bridgehead atoms. The topological polar surface area (TPSA) is 72.2 Å². The molecular weight excluding hydrogens is 335 g/mol. The lowest BCUT2D eigenvalue weighted by molar-refractivity contribution is 0.598. The first kappa shape index (κ1) is 15.7. The summed E-state index contributed by atoms with van der Waals surface area (Å²) in [6, 6.07) is 9.28. The van der Waals surface area contributed by atoms with Gasteiger partial charge in [0.05, 0.1) is 10.6 Å². The lowest BCUT2D eigenvalue weighted by Crippen LogP contribution is -2.15. The monoisotopic (exact) mass is 344 g/mol. The zero-order valence-corrected chi connectivity index (χ0v) is 12.9. The van der Waals surface area contributed by atoms with Crippen molar-refractivity contribution < 1.29 is 12.8 Å². The van der Waals surface area contributed by atoms with Crippen molar-refractivity contribution in [2.75, 3.05) is 4.72 Å². The van der Waals surface area contributed by atoms with Crippen molar-refractivity contribution in [3.8, 4) is 0 Å². The second kappa shape index (κ2) is 5.97. The fourth-order valence-corrected chi connectivity index (χ4v) is 2.89. The van der Waals surface area contributed by atoms with E-state index in [2.05, 4.69) is 4.72 Å². The number of hydrogen-bond acceptors (Lipinski definition) is 3. The Morgan fingerprint density at radius 3 is 2.33 bits per heavy atom. The van der Waals surface area contributed by atoms with Crippen LogP contribution in [0.1, 0.15) is 5.56 Å². The van der Waals surface area contributed by atoms with Crippen LogP contribution in [0.15, 0.2) is 47.4 Å². The van der Waals surface area contributed by atoms with Crippen LogP contribution in [0.5, 0.6) is 0 Å². The maximum absolute atomic E-state index is 13.9. The summed E-state index contributed by atoms with van der Waals surface area (Å²) < 4.78 is 40.2. The summed E-state index contributed by atoms with van der Waals surface area (Å²) in [5, 5.41) is 0.404. The smallest absolute Gasteiger partial charge is 0.261 e. The Hall–Kier alpha value is -1.70. The highest BCUT2D eigenvalue weighted by molar-refractivity contribution is 7.92. The normalized spacial score (nSPS) is 11.1. The van der Waals surface area contributed by atoms with Gasteiger partial charge >= 0.3 is 0 Å². The van der Waals surface area contributed by atoms with Crippen LogP contribution in [-0.2, 0) is 10.0 Å². The van der Waals surface area contributed by atoms with Crippen molar-refractivity contribution in [1.82, 2.24) is 0 Å². The average Bonchev–Trinajstić information content (AvgIpc) is 2.41. The van der Waals surface area contributed by atoms with Crippen molar-refractivity contribution in [3.05, 3.63) is 58.9 Å². The summed E-state index contributed by atoms with van der Waals surface area (Å²) in [6.45, 7) is 0. The van der Waals surface area contributed by atoms with Gasteiger partial charge in [0, 0.05) is 10.6 Å². The molecule has 0 radical (unpaired) electrons. The summed E-state index contributed by atoms with van der Waals surface area (Å²) in [4.78, 5) is 0.00531. The minimum atomic E-state index is -3.90. The molecule has 0 spiro atoms. The lowest BCUT2D eigenvalue weighted by Gasteiger charge is -2.10. The fraction of sp³-hybridized carbons (Fsp3) is 0. The quantitative estimate of drug-likeness (QED) is 0.836. The third kappa shape index (κ3) is 3.69. The Labute approximate surface area is 131 Å². The predicted molar refractivity (Wildman–Crippen MR) is 84.5 cm³/mol. The largest absolute Gasteiger partial charge is 0.389 e. The third-order valence-electron chi connectivity index (χ3n) is 2.62. The molecule has 2 rings (SSSR count). The minimum Gasteiger partial charge on any atom is -0.389 e. The summed E-state index contributed by atoms with van der Waals surface area (Å²) in [5.41, 5.74) is 5.51. The maximum Gasteiger partial charge on any atom is 0.261 e. The zero-order valence-electron chi connectivity index (χ0n) is 10.5. The van der Waals surface area contributed by atoms with Gasteiger partial charge in [-0.2, -0.15) is 0 Å². The number of hydrogen-bond donors (Lipinski definition) is 2. The number of nitrogens with one attached hydrogen (secondary N) is 1. The first-order valence-corrected chi connectivity index (χ1v) is 7.94. The molecule has 0 aliphatic carbocycles. The van der Waals surface area contributed by atoms with E-state index < -0.39 is 15.8 Å². The third-order valence-corrected chi connectivity index (χ3v) is 4.49. The molecule has 8 heteroatoms. The Balaban J connectivity index is 2.32. The van der Waals surface area contributed by atoms with Gasteiger partial charge < -0.3 is 5.73 Å². The number of benzene rings is 2. The van der Waals surface area contributed by atoms with Crippen LogP contribution < -0.4 is 10.5 Å². The minimum absolute atomic E-state index is 0.0234. The zero-order chi connectivity index (χ0) is 15.6. The van der Waals surface area contributed by atoms with Gasteiger partial charge in [-0.15, -0.1) is 0 Å². The van der Waals surface area contributed by atoms with Gasteiger partial charge in [0.25, 0.3) is 10.0 Å². The molecule has 0 amide bonds. The summed E-state index contributed by atoms with van der Waals surface area (Å²) in [5.74, 6) is -0.766. The van der Waals surface area contributed by atoms with Crippen LogP contribution in [-0.4, -0.2) is 13.4 Å². The highest BCUT2D eigenvalue weighted by Gasteiger charge is 2.16. The molecule has 2 aromatic rings. The molecule has 0 fully saturated rings. The van der Waals surface area contributed by atoms with Crippen LogP contribution in [0.25, 0.3) is 0 Å². The molecule has 0 saturated heterocycles. The van der Waals surface area contributed by atoms with E-state index in [-0.39, 0.29) is 15.6 Å². The summed E-state index contributed by atoms with van der Waals surface area (Å²) >= 11 is 10.4. The molecule has 0 unspecified atom stereocenters. The maximum atomic E-state index is 13.9. The Morgan fingerprint density at radius 2 is 1.81 bits per heavy atom. The van der Waals surface area contributed by atoms with Crippen LogP contribution in [0.4, 0.5) is 10.1 Å².